The molecule has 0 spiro atoms. The molecule has 1 aliphatic rings. The highest BCUT2D eigenvalue weighted by molar-refractivity contribution is 7.98. The van der Waals surface area contributed by atoms with E-state index in [1.54, 1.807) is 10.9 Å². The SMILES string of the molecule is Nc1nc(SCc2ccccc2)c2ncn([C@@H]3O[C@H](CO)C[C@H]3O)c2n1. The number of hydrogen-bond donors (Lipinski definition) is 3. The summed E-state index contributed by atoms with van der Waals surface area (Å²) in [6, 6.07) is 10.1. The molecular formula is C17H19N5O3S. The van der Waals surface area contributed by atoms with Crippen LogP contribution in [0.25, 0.3) is 11.2 Å². The van der Waals surface area contributed by atoms with Crippen LogP contribution in [0.15, 0.2) is 41.7 Å². The largest absolute Gasteiger partial charge is 0.394 e. The van der Waals surface area contributed by atoms with Crippen molar-refractivity contribution in [2.75, 3.05) is 12.3 Å². The van der Waals surface area contributed by atoms with Crippen molar-refractivity contribution in [2.45, 2.75) is 35.6 Å². The predicted molar refractivity (Wildman–Crippen MR) is 97.4 cm³/mol. The van der Waals surface area contributed by atoms with E-state index in [0.29, 0.717) is 22.6 Å². The van der Waals surface area contributed by atoms with Gasteiger partial charge in [-0.2, -0.15) is 4.98 Å². The first-order chi connectivity index (χ1) is 12.7. The number of imidazole rings is 1. The fourth-order valence-corrected chi connectivity index (χ4v) is 3.95. The van der Waals surface area contributed by atoms with Crippen LogP contribution in [-0.2, 0) is 10.5 Å². The smallest absolute Gasteiger partial charge is 0.223 e. The second-order valence-electron chi connectivity index (χ2n) is 6.12. The molecule has 0 unspecified atom stereocenters. The highest BCUT2D eigenvalue weighted by Crippen LogP contribution is 2.33. The summed E-state index contributed by atoms with van der Waals surface area (Å²) in [7, 11) is 0. The molecule has 3 atom stereocenters. The Morgan fingerprint density at radius 2 is 2.08 bits per heavy atom. The van der Waals surface area contributed by atoms with Crippen LogP contribution in [0.1, 0.15) is 18.2 Å². The number of nitrogens with zero attached hydrogens (tertiary/aromatic N) is 4. The summed E-state index contributed by atoms with van der Waals surface area (Å²) in [5, 5.41) is 20.2. The van der Waals surface area contributed by atoms with Crippen molar-refractivity contribution >= 4 is 28.9 Å². The molecule has 0 bridgehead atoms. The molecule has 1 aromatic carbocycles. The number of fused-ring (bicyclic) bond motifs is 1. The average Bonchev–Trinajstić information content (AvgIpc) is 3.23. The first-order valence-corrected chi connectivity index (χ1v) is 9.25. The molecule has 0 saturated carbocycles. The Labute approximate surface area is 154 Å². The van der Waals surface area contributed by atoms with Gasteiger partial charge in [0.25, 0.3) is 0 Å². The van der Waals surface area contributed by atoms with Crippen LogP contribution in [0.4, 0.5) is 5.95 Å². The zero-order valence-electron chi connectivity index (χ0n) is 13.9. The van der Waals surface area contributed by atoms with Crippen molar-refractivity contribution in [3.8, 4) is 0 Å². The van der Waals surface area contributed by atoms with Gasteiger partial charge < -0.3 is 20.7 Å². The van der Waals surface area contributed by atoms with E-state index >= 15 is 0 Å². The van der Waals surface area contributed by atoms with Crippen LogP contribution in [0.5, 0.6) is 0 Å². The van der Waals surface area contributed by atoms with Crippen molar-refractivity contribution in [1.29, 1.82) is 0 Å². The number of aromatic nitrogens is 4. The minimum absolute atomic E-state index is 0.140. The van der Waals surface area contributed by atoms with E-state index in [4.69, 9.17) is 10.5 Å². The Morgan fingerprint density at radius 1 is 1.27 bits per heavy atom. The van der Waals surface area contributed by atoms with E-state index in [2.05, 4.69) is 15.0 Å². The van der Waals surface area contributed by atoms with Gasteiger partial charge in [-0.1, -0.05) is 42.1 Å². The molecule has 0 aliphatic carbocycles. The number of anilines is 1. The van der Waals surface area contributed by atoms with Crippen molar-refractivity contribution in [1.82, 2.24) is 19.5 Å². The third-order valence-electron chi connectivity index (χ3n) is 4.27. The maximum atomic E-state index is 10.2. The van der Waals surface area contributed by atoms with Crippen molar-refractivity contribution < 1.29 is 14.9 Å². The van der Waals surface area contributed by atoms with Gasteiger partial charge in [-0.3, -0.25) is 4.57 Å². The number of rotatable bonds is 5. The zero-order chi connectivity index (χ0) is 18.1. The Hall–Kier alpha value is -2.20. The monoisotopic (exact) mass is 373 g/mol. The fourth-order valence-electron chi connectivity index (χ4n) is 3.02. The van der Waals surface area contributed by atoms with Gasteiger partial charge in [-0.15, -0.1) is 0 Å². The Kier molecular flexibility index (Phi) is 4.77. The normalized spacial score (nSPS) is 22.9. The van der Waals surface area contributed by atoms with Crippen LogP contribution >= 0.6 is 11.8 Å². The lowest BCUT2D eigenvalue weighted by Gasteiger charge is -2.16. The molecule has 0 amide bonds. The van der Waals surface area contributed by atoms with Crippen LogP contribution in [-0.4, -0.2) is 48.5 Å². The van der Waals surface area contributed by atoms with Gasteiger partial charge in [0, 0.05) is 12.2 Å². The second kappa shape index (κ2) is 7.20. The molecule has 4 rings (SSSR count). The molecule has 9 heteroatoms. The second-order valence-corrected chi connectivity index (χ2v) is 7.08. The van der Waals surface area contributed by atoms with E-state index in [1.807, 2.05) is 30.3 Å². The Morgan fingerprint density at radius 3 is 2.81 bits per heavy atom. The molecule has 8 nitrogen and oxygen atoms in total. The standard InChI is InChI=1S/C17H19N5O3S/c18-17-20-14-13(15(21-17)26-8-10-4-2-1-3-5-10)19-9-22(14)16-12(24)6-11(7-23)25-16/h1-5,9,11-12,16,23-24H,6-8H2,(H2,18,20,21)/t11-,12+,16+/m0/s1. The van der Waals surface area contributed by atoms with Gasteiger partial charge in [0.05, 0.1) is 19.0 Å². The van der Waals surface area contributed by atoms with Gasteiger partial charge in [0.2, 0.25) is 5.95 Å². The quantitative estimate of drug-likeness (QED) is 0.453. The molecule has 0 radical (unpaired) electrons. The van der Waals surface area contributed by atoms with E-state index < -0.39 is 18.4 Å². The van der Waals surface area contributed by atoms with Crippen LogP contribution in [0.3, 0.4) is 0 Å². The van der Waals surface area contributed by atoms with Gasteiger partial charge in [-0.25, -0.2) is 9.97 Å². The molecule has 1 aliphatic heterocycles. The maximum Gasteiger partial charge on any atom is 0.223 e. The van der Waals surface area contributed by atoms with E-state index in [-0.39, 0.29) is 12.6 Å². The number of benzene rings is 1. The third kappa shape index (κ3) is 3.26. The Bertz CT molecular complexity index is 904. The highest BCUT2D eigenvalue weighted by atomic mass is 32.2. The molecule has 2 aromatic heterocycles. The lowest BCUT2D eigenvalue weighted by atomic mass is 10.2. The molecule has 1 fully saturated rings. The minimum atomic E-state index is -0.749. The summed E-state index contributed by atoms with van der Waals surface area (Å²) in [6.07, 6.45) is 0.119. The summed E-state index contributed by atoms with van der Waals surface area (Å²) in [6.45, 7) is -0.143. The van der Waals surface area contributed by atoms with E-state index in [1.165, 1.54) is 17.3 Å². The van der Waals surface area contributed by atoms with Crippen LogP contribution < -0.4 is 5.73 Å². The lowest BCUT2D eigenvalue weighted by Crippen LogP contribution is -2.19. The number of aliphatic hydroxyl groups excluding tert-OH is 2. The highest BCUT2D eigenvalue weighted by Gasteiger charge is 2.36. The van der Waals surface area contributed by atoms with E-state index in [0.717, 1.165) is 5.75 Å². The maximum absolute atomic E-state index is 10.2. The van der Waals surface area contributed by atoms with Crippen molar-refractivity contribution in [2.24, 2.45) is 0 Å². The summed E-state index contributed by atoms with van der Waals surface area (Å²) in [5.41, 5.74) is 8.18. The summed E-state index contributed by atoms with van der Waals surface area (Å²) >= 11 is 1.53. The summed E-state index contributed by atoms with van der Waals surface area (Å²) in [4.78, 5) is 13.0. The van der Waals surface area contributed by atoms with Gasteiger partial charge >= 0.3 is 0 Å². The molecule has 136 valence electrons. The molecular weight excluding hydrogens is 354 g/mol. The molecule has 3 aromatic rings. The van der Waals surface area contributed by atoms with Gasteiger partial charge in [0.1, 0.15) is 16.6 Å². The number of nitrogen functional groups attached to an aromatic ring is 1. The third-order valence-corrected chi connectivity index (χ3v) is 5.30. The molecule has 3 heterocycles. The molecule has 1 saturated heterocycles. The number of thioether (sulfide) groups is 1. The van der Waals surface area contributed by atoms with Crippen LogP contribution in [0, 0.1) is 0 Å². The first kappa shape index (κ1) is 17.2. The Balaban J connectivity index is 1.65. The van der Waals surface area contributed by atoms with Gasteiger partial charge in [-0.05, 0) is 5.56 Å². The molecule has 4 N–H and O–H groups in total. The number of nitrogens with two attached hydrogens (primary N) is 1. The topological polar surface area (TPSA) is 119 Å². The number of hydrogen-bond acceptors (Lipinski definition) is 8. The van der Waals surface area contributed by atoms with Gasteiger partial charge in [0.15, 0.2) is 11.9 Å². The van der Waals surface area contributed by atoms with Crippen LogP contribution in [0.2, 0.25) is 0 Å². The summed E-state index contributed by atoms with van der Waals surface area (Å²) < 4.78 is 7.35. The summed E-state index contributed by atoms with van der Waals surface area (Å²) in [5.74, 6) is 0.870. The minimum Gasteiger partial charge on any atom is -0.394 e. The lowest BCUT2D eigenvalue weighted by molar-refractivity contribution is -0.0486. The fraction of sp³-hybridized carbons (Fsp3) is 0.353. The van der Waals surface area contributed by atoms with Crippen molar-refractivity contribution in [3.63, 3.8) is 0 Å². The number of ether oxygens (including phenoxy) is 1. The molecule has 26 heavy (non-hydrogen) atoms. The predicted octanol–water partition coefficient (Wildman–Crippen LogP) is 1.34. The van der Waals surface area contributed by atoms with E-state index in [9.17, 15) is 10.2 Å². The zero-order valence-corrected chi connectivity index (χ0v) is 14.7. The average molecular weight is 373 g/mol. The van der Waals surface area contributed by atoms with Crippen molar-refractivity contribution in [3.05, 3.63) is 42.2 Å². The number of aliphatic hydroxyl groups is 2. The first-order valence-electron chi connectivity index (χ1n) is 8.27.